The van der Waals surface area contributed by atoms with E-state index in [1.807, 2.05) is 50.2 Å². The van der Waals surface area contributed by atoms with Crippen LogP contribution in [0.25, 0.3) is 0 Å². The molecule has 0 spiro atoms. The summed E-state index contributed by atoms with van der Waals surface area (Å²) >= 11 is 0. The van der Waals surface area contributed by atoms with Crippen LogP contribution in [0, 0.1) is 0 Å². The van der Waals surface area contributed by atoms with Crippen molar-refractivity contribution in [2.75, 3.05) is 28.4 Å². The third kappa shape index (κ3) is 8.17. The fraction of sp³-hybridized carbons (Fsp3) is 0.462. The van der Waals surface area contributed by atoms with Crippen LogP contribution >= 0.6 is 0 Å². The van der Waals surface area contributed by atoms with Gasteiger partial charge in [-0.15, -0.1) is 0 Å². The lowest BCUT2D eigenvalue weighted by Crippen LogP contribution is -2.37. The van der Waals surface area contributed by atoms with Gasteiger partial charge in [0.05, 0.1) is 28.4 Å². The molecule has 0 unspecified atom stereocenters. The predicted octanol–water partition coefficient (Wildman–Crippen LogP) is 3.30. The van der Waals surface area contributed by atoms with Gasteiger partial charge in [-0.3, -0.25) is 9.59 Å². The van der Waals surface area contributed by atoms with Crippen LogP contribution in [0.2, 0.25) is 0 Å². The van der Waals surface area contributed by atoms with Gasteiger partial charge in [-0.25, -0.2) is 0 Å². The largest absolute Gasteiger partial charge is 0.493 e. The average Bonchev–Trinajstić information content (AvgIpc) is 2.82. The number of nitrogens with one attached hydrogen (secondary N) is 2. The van der Waals surface area contributed by atoms with Gasteiger partial charge in [0.15, 0.2) is 23.0 Å². The van der Waals surface area contributed by atoms with E-state index >= 15 is 0 Å². The minimum absolute atomic E-state index is 0.0855. The van der Waals surface area contributed by atoms with E-state index in [0.717, 1.165) is 11.1 Å². The van der Waals surface area contributed by atoms with Crippen LogP contribution in [0.5, 0.6) is 23.0 Å². The van der Waals surface area contributed by atoms with E-state index in [-0.39, 0.29) is 36.7 Å². The molecule has 2 N–H and O–H groups in total. The maximum Gasteiger partial charge on any atom is 0.220 e. The molecular formula is C26H36N2O6. The van der Waals surface area contributed by atoms with E-state index in [9.17, 15) is 9.59 Å². The molecule has 0 aliphatic heterocycles. The van der Waals surface area contributed by atoms with Crippen molar-refractivity contribution in [1.82, 2.24) is 10.6 Å². The Kier molecular flexibility index (Phi) is 10.5. The van der Waals surface area contributed by atoms with Crippen molar-refractivity contribution in [3.63, 3.8) is 0 Å². The number of carbonyl (C=O) groups is 2. The molecule has 0 aliphatic carbocycles. The zero-order chi connectivity index (χ0) is 25.1. The van der Waals surface area contributed by atoms with Gasteiger partial charge in [0, 0.05) is 24.9 Å². The molecule has 0 radical (unpaired) electrons. The molecule has 0 aromatic heterocycles. The average molecular weight is 473 g/mol. The normalized spacial score (nSPS) is 12.3. The summed E-state index contributed by atoms with van der Waals surface area (Å²) in [6.45, 7) is 3.86. The number of benzene rings is 2. The second-order valence-electron chi connectivity index (χ2n) is 8.22. The third-order valence-electron chi connectivity index (χ3n) is 5.37. The van der Waals surface area contributed by atoms with Gasteiger partial charge in [0.25, 0.3) is 0 Å². The molecule has 0 fully saturated rings. The highest BCUT2D eigenvalue weighted by atomic mass is 16.5. The molecule has 0 bridgehead atoms. The first kappa shape index (κ1) is 26.8. The van der Waals surface area contributed by atoms with E-state index in [1.54, 1.807) is 28.4 Å². The maximum atomic E-state index is 12.3. The maximum absolute atomic E-state index is 12.3. The fourth-order valence-corrected chi connectivity index (χ4v) is 3.75. The van der Waals surface area contributed by atoms with Crippen molar-refractivity contribution < 1.29 is 28.5 Å². The Hall–Kier alpha value is -3.42. The molecule has 0 heterocycles. The van der Waals surface area contributed by atoms with Gasteiger partial charge in [-0.2, -0.15) is 0 Å². The van der Waals surface area contributed by atoms with Crippen molar-refractivity contribution in [2.45, 2.75) is 51.6 Å². The van der Waals surface area contributed by atoms with Crippen LogP contribution in [-0.2, 0) is 22.4 Å². The van der Waals surface area contributed by atoms with Crippen molar-refractivity contribution in [3.8, 4) is 23.0 Å². The molecule has 2 aromatic carbocycles. The quantitative estimate of drug-likeness (QED) is 0.465. The van der Waals surface area contributed by atoms with Crippen LogP contribution in [0.4, 0.5) is 0 Å². The lowest BCUT2D eigenvalue weighted by molar-refractivity contribution is -0.127. The minimum atomic E-state index is -0.157. The van der Waals surface area contributed by atoms with Crippen LogP contribution in [-0.4, -0.2) is 52.3 Å². The Balaban J connectivity index is 1.76. The number of methoxy groups -OCH3 is 4. The van der Waals surface area contributed by atoms with Gasteiger partial charge < -0.3 is 29.6 Å². The van der Waals surface area contributed by atoms with Crippen molar-refractivity contribution in [3.05, 3.63) is 47.5 Å². The first-order chi connectivity index (χ1) is 16.3. The summed E-state index contributed by atoms with van der Waals surface area (Å²) in [5, 5.41) is 5.90. The number of hydrogen-bond donors (Lipinski definition) is 2. The molecule has 0 saturated heterocycles. The molecule has 0 saturated carbocycles. The number of ether oxygens (including phenoxy) is 4. The Morgan fingerprint density at radius 1 is 0.647 bits per heavy atom. The van der Waals surface area contributed by atoms with E-state index in [0.29, 0.717) is 35.8 Å². The molecule has 34 heavy (non-hydrogen) atoms. The molecule has 0 aliphatic rings. The second-order valence-corrected chi connectivity index (χ2v) is 8.22. The number of hydrogen-bond acceptors (Lipinski definition) is 6. The van der Waals surface area contributed by atoms with Crippen LogP contribution in [0.1, 0.15) is 37.8 Å². The van der Waals surface area contributed by atoms with Crippen molar-refractivity contribution >= 4 is 11.8 Å². The van der Waals surface area contributed by atoms with E-state index in [4.69, 9.17) is 18.9 Å². The van der Waals surface area contributed by atoms with Gasteiger partial charge in [0.1, 0.15) is 0 Å². The molecule has 2 rings (SSSR count). The third-order valence-corrected chi connectivity index (χ3v) is 5.37. The SMILES string of the molecule is COc1ccc(C[C@@H](C)NC(=O)CCC(=O)N[C@H](C)Cc2ccc(OC)c(OC)c2)cc1OC. The fourth-order valence-electron chi connectivity index (χ4n) is 3.75. The zero-order valence-electron chi connectivity index (χ0n) is 20.9. The van der Waals surface area contributed by atoms with Crippen molar-refractivity contribution in [2.24, 2.45) is 0 Å². The molecule has 8 heteroatoms. The van der Waals surface area contributed by atoms with Gasteiger partial charge in [-0.05, 0) is 62.1 Å². The lowest BCUT2D eigenvalue weighted by Gasteiger charge is -2.17. The topological polar surface area (TPSA) is 95.1 Å². The lowest BCUT2D eigenvalue weighted by atomic mass is 10.1. The molecule has 186 valence electrons. The Labute approximate surface area is 201 Å². The molecular weight excluding hydrogens is 436 g/mol. The second kappa shape index (κ2) is 13.3. The first-order valence-electron chi connectivity index (χ1n) is 11.3. The highest BCUT2D eigenvalue weighted by Crippen LogP contribution is 2.29. The summed E-state index contributed by atoms with van der Waals surface area (Å²) in [5.74, 6) is 2.31. The Morgan fingerprint density at radius 2 is 1.00 bits per heavy atom. The van der Waals surface area contributed by atoms with Crippen molar-refractivity contribution in [1.29, 1.82) is 0 Å². The summed E-state index contributed by atoms with van der Waals surface area (Å²) in [4.78, 5) is 24.6. The van der Waals surface area contributed by atoms with Crippen LogP contribution in [0.3, 0.4) is 0 Å². The zero-order valence-corrected chi connectivity index (χ0v) is 20.9. The molecule has 2 aromatic rings. The molecule has 8 nitrogen and oxygen atoms in total. The minimum Gasteiger partial charge on any atom is -0.493 e. The van der Waals surface area contributed by atoms with E-state index in [1.165, 1.54) is 0 Å². The van der Waals surface area contributed by atoms with Crippen LogP contribution < -0.4 is 29.6 Å². The van der Waals surface area contributed by atoms with Gasteiger partial charge >= 0.3 is 0 Å². The summed E-state index contributed by atoms with van der Waals surface area (Å²) in [6.07, 6.45) is 1.54. The number of amides is 2. The van der Waals surface area contributed by atoms with E-state index in [2.05, 4.69) is 10.6 Å². The number of rotatable bonds is 13. The predicted molar refractivity (Wildman–Crippen MR) is 131 cm³/mol. The smallest absolute Gasteiger partial charge is 0.220 e. The highest BCUT2D eigenvalue weighted by Gasteiger charge is 2.14. The molecule has 2 atom stereocenters. The van der Waals surface area contributed by atoms with Gasteiger partial charge in [0.2, 0.25) is 11.8 Å². The Morgan fingerprint density at radius 3 is 1.32 bits per heavy atom. The standard InChI is InChI=1S/C26H36N2O6/c1-17(13-19-7-9-21(31-3)23(15-19)33-5)27-25(29)11-12-26(30)28-18(2)14-20-8-10-22(32-4)24(16-20)34-6/h7-10,15-18H,11-14H2,1-6H3,(H,27,29)(H,28,30)/t17-,18-/m1/s1. The number of carbonyl (C=O) groups excluding carboxylic acids is 2. The summed E-state index contributed by atoms with van der Waals surface area (Å²) < 4.78 is 21.2. The highest BCUT2D eigenvalue weighted by molar-refractivity contribution is 5.84. The summed E-state index contributed by atoms with van der Waals surface area (Å²) in [7, 11) is 6.36. The Bertz CT molecular complexity index is 885. The summed E-state index contributed by atoms with van der Waals surface area (Å²) in [6, 6.07) is 11.2. The summed E-state index contributed by atoms with van der Waals surface area (Å²) in [5.41, 5.74) is 2.04. The monoisotopic (exact) mass is 472 g/mol. The van der Waals surface area contributed by atoms with Gasteiger partial charge in [-0.1, -0.05) is 12.1 Å². The van der Waals surface area contributed by atoms with Crippen LogP contribution in [0.15, 0.2) is 36.4 Å². The first-order valence-corrected chi connectivity index (χ1v) is 11.3. The van der Waals surface area contributed by atoms with E-state index < -0.39 is 0 Å². The molecule has 2 amide bonds.